The second kappa shape index (κ2) is 8.15. The van der Waals surface area contributed by atoms with Crippen LogP contribution in [0.25, 0.3) is 0 Å². The molecule has 0 heterocycles. The van der Waals surface area contributed by atoms with E-state index in [0.717, 1.165) is 24.5 Å². The molecule has 21 heavy (non-hydrogen) atoms. The van der Waals surface area contributed by atoms with Crippen molar-refractivity contribution in [2.45, 2.75) is 13.3 Å². The first kappa shape index (κ1) is 15.2. The van der Waals surface area contributed by atoms with E-state index in [2.05, 4.69) is 17.6 Å². The van der Waals surface area contributed by atoms with E-state index in [-0.39, 0.29) is 5.82 Å². The van der Waals surface area contributed by atoms with Gasteiger partial charge in [-0.15, -0.1) is 0 Å². The lowest BCUT2D eigenvalue weighted by Gasteiger charge is -2.10. The van der Waals surface area contributed by atoms with Gasteiger partial charge in [0.25, 0.3) is 0 Å². The van der Waals surface area contributed by atoms with Crippen LogP contribution < -0.4 is 15.4 Å². The van der Waals surface area contributed by atoms with E-state index in [0.29, 0.717) is 18.8 Å². The highest BCUT2D eigenvalue weighted by Crippen LogP contribution is 2.16. The lowest BCUT2D eigenvalue weighted by molar-refractivity contribution is 0.317. The number of ether oxygens (including phenoxy) is 1. The van der Waals surface area contributed by atoms with E-state index in [1.807, 2.05) is 30.3 Å². The topological polar surface area (TPSA) is 33.3 Å². The van der Waals surface area contributed by atoms with Crippen LogP contribution in [0.2, 0.25) is 0 Å². The number of anilines is 2. The van der Waals surface area contributed by atoms with Crippen molar-refractivity contribution >= 4 is 11.4 Å². The van der Waals surface area contributed by atoms with Crippen LogP contribution in [0.4, 0.5) is 15.8 Å². The number of rotatable bonds is 8. The molecule has 0 aromatic heterocycles. The molecular formula is C17H21FN2O. The van der Waals surface area contributed by atoms with Crippen LogP contribution in [0, 0.1) is 5.82 Å². The van der Waals surface area contributed by atoms with Gasteiger partial charge in [-0.05, 0) is 42.8 Å². The van der Waals surface area contributed by atoms with Crippen molar-refractivity contribution in [2.75, 3.05) is 30.3 Å². The van der Waals surface area contributed by atoms with Gasteiger partial charge in [0.05, 0.1) is 12.3 Å². The zero-order chi connectivity index (χ0) is 14.9. The van der Waals surface area contributed by atoms with Crippen molar-refractivity contribution in [1.82, 2.24) is 0 Å². The largest absolute Gasteiger partial charge is 0.494 e. The van der Waals surface area contributed by atoms with Crippen molar-refractivity contribution in [3.05, 3.63) is 54.3 Å². The Labute approximate surface area is 125 Å². The maximum Gasteiger partial charge on any atom is 0.146 e. The molecule has 0 saturated carbocycles. The van der Waals surface area contributed by atoms with Crippen LogP contribution in [0.3, 0.4) is 0 Å². The van der Waals surface area contributed by atoms with E-state index in [9.17, 15) is 4.39 Å². The molecule has 0 atom stereocenters. The molecule has 2 rings (SSSR count). The SMILES string of the molecule is CCCOc1ccc(NCCNc2ccccc2F)cc1. The van der Waals surface area contributed by atoms with Crippen molar-refractivity contribution in [2.24, 2.45) is 0 Å². The molecule has 4 heteroatoms. The molecule has 2 aromatic carbocycles. The molecule has 0 fully saturated rings. The zero-order valence-corrected chi connectivity index (χ0v) is 12.2. The molecule has 0 saturated heterocycles. The first-order valence-electron chi connectivity index (χ1n) is 7.24. The molecule has 0 amide bonds. The quantitative estimate of drug-likeness (QED) is 0.716. The summed E-state index contributed by atoms with van der Waals surface area (Å²) in [6, 6.07) is 14.5. The first-order valence-corrected chi connectivity index (χ1v) is 7.24. The molecule has 0 bridgehead atoms. The Bertz CT molecular complexity index is 543. The fraction of sp³-hybridized carbons (Fsp3) is 0.294. The predicted molar refractivity (Wildman–Crippen MR) is 85.6 cm³/mol. The number of benzene rings is 2. The molecule has 112 valence electrons. The number of para-hydroxylation sites is 1. The van der Waals surface area contributed by atoms with Gasteiger partial charge in [-0.1, -0.05) is 19.1 Å². The summed E-state index contributed by atoms with van der Waals surface area (Å²) in [5.41, 5.74) is 1.55. The number of hydrogen-bond acceptors (Lipinski definition) is 3. The second-order valence-corrected chi connectivity index (χ2v) is 4.71. The minimum atomic E-state index is -0.227. The van der Waals surface area contributed by atoms with E-state index in [1.54, 1.807) is 12.1 Å². The van der Waals surface area contributed by atoms with Crippen LogP contribution >= 0.6 is 0 Å². The minimum absolute atomic E-state index is 0.227. The molecule has 0 unspecified atom stereocenters. The van der Waals surface area contributed by atoms with Crippen LogP contribution in [0.15, 0.2) is 48.5 Å². The standard InChI is InChI=1S/C17H21FN2O/c1-2-13-21-15-9-7-14(8-10-15)19-11-12-20-17-6-4-3-5-16(17)18/h3-10,19-20H,2,11-13H2,1H3. The highest BCUT2D eigenvalue weighted by Gasteiger charge is 1.99. The zero-order valence-electron chi connectivity index (χ0n) is 12.2. The highest BCUT2D eigenvalue weighted by molar-refractivity contribution is 5.47. The third kappa shape index (κ3) is 4.99. The normalized spacial score (nSPS) is 10.2. The predicted octanol–water partition coefficient (Wildman–Crippen LogP) is 4.14. The van der Waals surface area contributed by atoms with E-state index in [4.69, 9.17) is 4.74 Å². The molecule has 0 spiro atoms. The smallest absolute Gasteiger partial charge is 0.146 e. The maximum atomic E-state index is 13.4. The van der Waals surface area contributed by atoms with Crippen LogP contribution in [0.1, 0.15) is 13.3 Å². The van der Waals surface area contributed by atoms with E-state index in [1.165, 1.54) is 6.07 Å². The lowest BCUT2D eigenvalue weighted by Crippen LogP contribution is -2.14. The summed E-state index contributed by atoms with van der Waals surface area (Å²) >= 11 is 0. The van der Waals surface area contributed by atoms with Gasteiger partial charge in [0.15, 0.2) is 0 Å². The van der Waals surface area contributed by atoms with Crippen LogP contribution in [-0.4, -0.2) is 19.7 Å². The number of hydrogen-bond donors (Lipinski definition) is 2. The third-order valence-corrected chi connectivity index (χ3v) is 2.97. The third-order valence-electron chi connectivity index (χ3n) is 2.97. The molecule has 3 nitrogen and oxygen atoms in total. The summed E-state index contributed by atoms with van der Waals surface area (Å²) in [5.74, 6) is 0.654. The van der Waals surface area contributed by atoms with Gasteiger partial charge in [0.2, 0.25) is 0 Å². The van der Waals surface area contributed by atoms with Crippen molar-refractivity contribution < 1.29 is 9.13 Å². The second-order valence-electron chi connectivity index (χ2n) is 4.71. The Kier molecular flexibility index (Phi) is 5.88. The Morgan fingerprint density at radius 3 is 2.38 bits per heavy atom. The molecule has 0 radical (unpaired) electrons. The summed E-state index contributed by atoms with van der Waals surface area (Å²) in [6.07, 6.45) is 1.00. The van der Waals surface area contributed by atoms with E-state index >= 15 is 0 Å². The van der Waals surface area contributed by atoms with Gasteiger partial charge < -0.3 is 15.4 Å². The van der Waals surface area contributed by atoms with Gasteiger partial charge in [-0.2, -0.15) is 0 Å². The summed E-state index contributed by atoms with van der Waals surface area (Å²) in [5, 5.41) is 6.34. The van der Waals surface area contributed by atoms with Crippen LogP contribution in [-0.2, 0) is 0 Å². The monoisotopic (exact) mass is 288 g/mol. The summed E-state index contributed by atoms with van der Waals surface area (Å²) in [7, 11) is 0. The van der Waals surface area contributed by atoms with Gasteiger partial charge in [0, 0.05) is 18.8 Å². The molecule has 0 aliphatic rings. The van der Waals surface area contributed by atoms with Crippen molar-refractivity contribution in [3.63, 3.8) is 0 Å². The highest BCUT2D eigenvalue weighted by atomic mass is 19.1. The van der Waals surface area contributed by atoms with Gasteiger partial charge in [-0.3, -0.25) is 0 Å². The Morgan fingerprint density at radius 1 is 0.952 bits per heavy atom. The van der Waals surface area contributed by atoms with Crippen molar-refractivity contribution in [1.29, 1.82) is 0 Å². The molecular weight excluding hydrogens is 267 g/mol. The summed E-state index contributed by atoms with van der Waals surface area (Å²) in [6.45, 7) is 4.18. The molecule has 2 aromatic rings. The molecule has 0 aliphatic carbocycles. The van der Waals surface area contributed by atoms with Gasteiger partial charge in [-0.25, -0.2) is 4.39 Å². The Morgan fingerprint density at radius 2 is 1.67 bits per heavy atom. The van der Waals surface area contributed by atoms with Gasteiger partial charge >= 0.3 is 0 Å². The minimum Gasteiger partial charge on any atom is -0.494 e. The number of halogens is 1. The first-order chi connectivity index (χ1) is 10.3. The van der Waals surface area contributed by atoms with E-state index < -0.39 is 0 Å². The average molecular weight is 288 g/mol. The molecule has 0 aliphatic heterocycles. The fourth-order valence-electron chi connectivity index (χ4n) is 1.90. The Hall–Kier alpha value is -2.23. The Balaban J connectivity index is 1.72. The van der Waals surface area contributed by atoms with Gasteiger partial charge in [0.1, 0.15) is 11.6 Å². The summed E-state index contributed by atoms with van der Waals surface area (Å²) in [4.78, 5) is 0. The lowest BCUT2D eigenvalue weighted by atomic mass is 10.3. The fourth-order valence-corrected chi connectivity index (χ4v) is 1.90. The maximum absolute atomic E-state index is 13.4. The van der Waals surface area contributed by atoms with Crippen molar-refractivity contribution in [3.8, 4) is 5.75 Å². The number of nitrogens with one attached hydrogen (secondary N) is 2. The molecule has 2 N–H and O–H groups in total. The average Bonchev–Trinajstić information content (AvgIpc) is 2.52. The summed E-state index contributed by atoms with van der Waals surface area (Å²) < 4.78 is 18.9. The van der Waals surface area contributed by atoms with Crippen LogP contribution in [0.5, 0.6) is 5.75 Å².